The number of nitrogens with one attached hydrogen (secondary N) is 1. The lowest BCUT2D eigenvalue weighted by Gasteiger charge is -2.36. The van der Waals surface area contributed by atoms with Crippen LogP contribution in [0.25, 0.3) is 0 Å². The van der Waals surface area contributed by atoms with Gasteiger partial charge in [0.2, 0.25) is 0 Å². The molecular formula is C20H29N3O3. The highest BCUT2D eigenvalue weighted by molar-refractivity contribution is 5.68. The molecule has 1 amide bonds. The van der Waals surface area contributed by atoms with Crippen LogP contribution in [0.4, 0.5) is 10.5 Å². The molecule has 2 rings (SSSR count). The van der Waals surface area contributed by atoms with Crippen LogP contribution in [0, 0.1) is 11.3 Å². The summed E-state index contributed by atoms with van der Waals surface area (Å²) in [6.07, 6.45) is 3.55. The molecule has 1 aromatic carbocycles. The smallest absolute Gasteiger partial charge is 0.410 e. The Morgan fingerprint density at radius 1 is 1.27 bits per heavy atom. The molecule has 0 unspecified atom stereocenters. The van der Waals surface area contributed by atoms with Crippen LogP contribution in [0.1, 0.15) is 52.0 Å². The highest BCUT2D eigenvalue weighted by Crippen LogP contribution is 2.28. The largest absolute Gasteiger partial charge is 0.495 e. The van der Waals surface area contributed by atoms with E-state index in [0.29, 0.717) is 17.4 Å². The zero-order chi connectivity index (χ0) is 19.3. The Kier molecular flexibility index (Phi) is 6.36. The van der Waals surface area contributed by atoms with Crippen LogP contribution in [0.5, 0.6) is 5.75 Å². The van der Waals surface area contributed by atoms with E-state index in [1.54, 1.807) is 18.1 Å². The number of ether oxygens (including phenoxy) is 2. The second-order valence-corrected chi connectivity index (χ2v) is 7.77. The van der Waals surface area contributed by atoms with Crippen LogP contribution in [0.15, 0.2) is 18.2 Å². The van der Waals surface area contributed by atoms with Crippen LogP contribution in [0.3, 0.4) is 0 Å². The topological polar surface area (TPSA) is 74.6 Å². The Morgan fingerprint density at radius 2 is 1.92 bits per heavy atom. The molecule has 6 heteroatoms. The highest BCUT2D eigenvalue weighted by atomic mass is 16.6. The van der Waals surface area contributed by atoms with Gasteiger partial charge in [-0.3, -0.25) is 0 Å². The Hall–Kier alpha value is -2.42. The summed E-state index contributed by atoms with van der Waals surface area (Å²) in [4.78, 5) is 13.9. The molecule has 1 aromatic rings. The third-order valence-electron chi connectivity index (χ3n) is 4.62. The third-order valence-corrected chi connectivity index (χ3v) is 4.62. The van der Waals surface area contributed by atoms with Crippen molar-refractivity contribution in [1.29, 1.82) is 5.26 Å². The molecule has 0 heterocycles. The summed E-state index contributed by atoms with van der Waals surface area (Å²) in [5.41, 5.74) is 1.00. The molecule has 0 bridgehead atoms. The standard InChI is InChI=1S/C20H29N3O3/c1-20(2,3)26-19(24)23(4)17-10-8-15(9-11-17)22-16-7-6-14(13-21)18(12-16)25-5/h6-7,12,15,17,22H,8-11H2,1-5H3/t15-,17-. The SMILES string of the molecule is COc1cc(N[C@H]2CC[C@H](N(C)C(=O)OC(C)(C)C)CC2)ccc1C#N. The first-order valence-corrected chi connectivity index (χ1v) is 9.04. The molecule has 1 aliphatic rings. The van der Waals surface area contributed by atoms with Crippen molar-refractivity contribution in [2.75, 3.05) is 19.5 Å². The van der Waals surface area contributed by atoms with Crippen molar-refractivity contribution in [2.24, 2.45) is 0 Å². The van der Waals surface area contributed by atoms with Crippen molar-refractivity contribution in [1.82, 2.24) is 4.90 Å². The van der Waals surface area contributed by atoms with Crippen LogP contribution < -0.4 is 10.1 Å². The van der Waals surface area contributed by atoms with Gasteiger partial charge in [-0.15, -0.1) is 0 Å². The van der Waals surface area contributed by atoms with Gasteiger partial charge in [0.05, 0.1) is 12.7 Å². The fourth-order valence-electron chi connectivity index (χ4n) is 3.20. The zero-order valence-electron chi connectivity index (χ0n) is 16.3. The summed E-state index contributed by atoms with van der Waals surface area (Å²) in [6, 6.07) is 8.20. The van der Waals surface area contributed by atoms with Gasteiger partial charge in [0.15, 0.2) is 0 Å². The number of nitrogens with zero attached hydrogens (tertiary/aromatic N) is 2. The predicted octanol–water partition coefficient (Wildman–Crippen LogP) is 4.16. The first-order chi connectivity index (χ1) is 12.2. The monoisotopic (exact) mass is 359 g/mol. The van der Waals surface area contributed by atoms with Crippen LogP contribution in [-0.4, -0.2) is 42.8 Å². The minimum atomic E-state index is -0.473. The lowest BCUT2D eigenvalue weighted by atomic mass is 9.90. The van der Waals surface area contributed by atoms with E-state index in [-0.39, 0.29) is 12.1 Å². The molecule has 0 atom stereocenters. The van der Waals surface area contributed by atoms with E-state index >= 15 is 0 Å². The number of hydrogen-bond acceptors (Lipinski definition) is 5. The van der Waals surface area contributed by atoms with Gasteiger partial charge in [0.25, 0.3) is 0 Å². The van der Waals surface area contributed by atoms with Gasteiger partial charge >= 0.3 is 6.09 Å². The molecule has 1 N–H and O–H groups in total. The second-order valence-electron chi connectivity index (χ2n) is 7.77. The molecule has 1 aliphatic carbocycles. The summed E-state index contributed by atoms with van der Waals surface area (Å²) in [7, 11) is 3.38. The lowest BCUT2D eigenvalue weighted by molar-refractivity contribution is 0.0185. The Balaban J connectivity index is 1.89. The maximum absolute atomic E-state index is 12.2. The maximum atomic E-state index is 12.2. The molecule has 26 heavy (non-hydrogen) atoms. The number of carbonyl (C=O) groups is 1. The summed E-state index contributed by atoms with van der Waals surface area (Å²) < 4.78 is 10.7. The zero-order valence-corrected chi connectivity index (χ0v) is 16.3. The first-order valence-electron chi connectivity index (χ1n) is 9.04. The lowest BCUT2D eigenvalue weighted by Crippen LogP contribution is -2.43. The van der Waals surface area contributed by atoms with E-state index in [2.05, 4.69) is 11.4 Å². The van der Waals surface area contributed by atoms with Gasteiger partial charge in [-0.1, -0.05) is 0 Å². The fraction of sp³-hybridized carbons (Fsp3) is 0.600. The minimum absolute atomic E-state index is 0.207. The summed E-state index contributed by atoms with van der Waals surface area (Å²) >= 11 is 0. The van der Waals surface area contributed by atoms with Crippen molar-refractivity contribution >= 4 is 11.8 Å². The fourth-order valence-corrected chi connectivity index (χ4v) is 3.20. The maximum Gasteiger partial charge on any atom is 0.410 e. The quantitative estimate of drug-likeness (QED) is 0.874. The predicted molar refractivity (Wildman–Crippen MR) is 101 cm³/mol. The average Bonchev–Trinajstić information content (AvgIpc) is 2.60. The molecule has 0 saturated heterocycles. The molecule has 0 radical (unpaired) electrons. The summed E-state index contributed by atoms with van der Waals surface area (Å²) in [5, 5.41) is 12.6. The van der Waals surface area contributed by atoms with Crippen LogP contribution >= 0.6 is 0 Å². The molecule has 1 saturated carbocycles. The number of anilines is 1. The molecule has 0 aromatic heterocycles. The van der Waals surface area contributed by atoms with E-state index < -0.39 is 5.60 Å². The van der Waals surface area contributed by atoms with Crippen molar-refractivity contribution in [3.05, 3.63) is 23.8 Å². The molecule has 0 spiro atoms. The number of nitriles is 1. The van der Waals surface area contributed by atoms with Crippen molar-refractivity contribution in [2.45, 2.75) is 64.1 Å². The van der Waals surface area contributed by atoms with E-state index in [1.807, 2.05) is 40.0 Å². The van der Waals surface area contributed by atoms with Gasteiger partial charge in [0, 0.05) is 30.9 Å². The van der Waals surface area contributed by atoms with Crippen molar-refractivity contribution < 1.29 is 14.3 Å². The Morgan fingerprint density at radius 3 is 2.46 bits per heavy atom. The van der Waals surface area contributed by atoms with Gasteiger partial charge in [-0.05, 0) is 58.6 Å². The minimum Gasteiger partial charge on any atom is -0.495 e. The number of benzene rings is 1. The molecule has 0 aliphatic heterocycles. The van der Waals surface area contributed by atoms with Gasteiger partial charge < -0.3 is 19.7 Å². The highest BCUT2D eigenvalue weighted by Gasteiger charge is 2.29. The van der Waals surface area contributed by atoms with Gasteiger partial charge in [-0.2, -0.15) is 5.26 Å². The Labute approximate surface area is 156 Å². The van der Waals surface area contributed by atoms with Crippen LogP contribution in [0.2, 0.25) is 0 Å². The third kappa shape index (κ3) is 5.29. The number of methoxy groups -OCH3 is 1. The van der Waals surface area contributed by atoms with Crippen LogP contribution in [-0.2, 0) is 4.74 Å². The molecule has 142 valence electrons. The van der Waals surface area contributed by atoms with E-state index in [0.717, 1.165) is 31.4 Å². The average molecular weight is 359 g/mol. The van der Waals surface area contributed by atoms with Crippen molar-refractivity contribution in [3.63, 3.8) is 0 Å². The molecular weight excluding hydrogens is 330 g/mol. The number of carbonyl (C=O) groups excluding carboxylic acids is 1. The number of hydrogen-bond donors (Lipinski definition) is 1. The summed E-state index contributed by atoms with van der Waals surface area (Å²) in [5.74, 6) is 0.579. The summed E-state index contributed by atoms with van der Waals surface area (Å²) in [6.45, 7) is 5.64. The number of amides is 1. The van der Waals surface area contributed by atoms with E-state index in [9.17, 15) is 4.79 Å². The van der Waals surface area contributed by atoms with Crippen molar-refractivity contribution in [3.8, 4) is 11.8 Å². The first kappa shape index (κ1) is 19.9. The van der Waals surface area contributed by atoms with Gasteiger partial charge in [0.1, 0.15) is 17.4 Å². The van der Waals surface area contributed by atoms with E-state index in [4.69, 9.17) is 14.7 Å². The second kappa shape index (κ2) is 8.31. The van der Waals surface area contributed by atoms with E-state index in [1.165, 1.54) is 0 Å². The Bertz CT molecular complexity index is 668. The molecule has 6 nitrogen and oxygen atoms in total. The van der Waals surface area contributed by atoms with Gasteiger partial charge in [-0.25, -0.2) is 4.79 Å². The number of rotatable bonds is 4. The normalized spacial score (nSPS) is 20.0. The molecule has 1 fully saturated rings.